The van der Waals surface area contributed by atoms with Gasteiger partial charge in [-0.1, -0.05) is 11.6 Å². The normalized spacial score (nSPS) is 22.2. The number of nitrogens with zero attached hydrogens (tertiary/aromatic N) is 1. The lowest BCUT2D eigenvalue weighted by molar-refractivity contribution is 0.0660. The SMILES string of the molecule is CC(N)C1CCCN(C(=O)c2cc(Cl)c3c(c2)OCO3)C1. The molecular formula is C15H19ClN2O3. The minimum Gasteiger partial charge on any atom is -0.454 e. The lowest BCUT2D eigenvalue weighted by atomic mass is 9.92. The van der Waals surface area contributed by atoms with E-state index < -0.39 is 0 Å². The Bertz CT molecular complexity index is 562. The fraction of sp³-hybridized carbons (Fsp3) is 0.533. The maximum absolute atomic E-state index is 12.7. The highest BCUT2D eigenvalue weighted by Crippen LogP contribution is 2.40. The van der Waals surface area contributed by atoms with Crippen LogP contribution in [0.15, 0.2) is 12.1 Å². The minimum atomic E-state index is -0.0273. The fourth-order valence-electron chi connectivity index (χ4n) is 2.90. The Morgan fingerprint density at radius 3 is 3.05 bits per heavy atom. The average molecular weight is 311 g/mol. The van der Waals surface area contributed by atoms with Gasteiger partial charge in [-0.25, -0.2) is 0 Å². The Kier molecular flexibility index (Phi) is 3.95. The van der Waals surface area contributed by atoms with E-state index >= 15 is 0 Å². The number of halogens is 1. The summed E-state index contributed by atoms with van der Waals surface area (Å²) in [6.07, 6.45) is 2.06. The molecule has 2 aliphatic heterocycles. The quantitative estimate of drug-likeness (QED) is 0.910. The van der Waals surface area contributed by atoms with Gasteiger partial charge in [0, 0.05) is 24.7 Å². The lowest BCUT2D eigenvalue weighted by Crippen LogP contribution is -2.45. The molecule has 0 bridgehead atoms. The van der Waals surface area contributed by atoms with Crippen LogP contribution in [0.1, 0.15) is 30.1 Å². The largest absolute Gasteiger partial charge is 0.454 e. The summed E-state index contributed by atoms with van der Waals surface area (Å²) in [7, 11) is 0. The summed E-state index contributed by atoms with van der Waals surface area (Å²) in [5.41, 5.74) is 6.51. The molecule has 0 aromatic heterocycles. The summed E-state index contributed by atoms with van der Waals surface area (Å²) >= 11 is 6.14. The molecular weight excluding hydrogens is 292 g/mol. The van der Waals surface area contributed by atoms with Crippen LogP contribution in [0.5, 0.6) is 11.5 Å². The maximum atomic E-state index is 12.7. The Labute approximate surface area is 128 Å². The molecule has 6 heteroatoms. The van der Waals surface area contributed by atoms with Gasteiger partial charge in [-0.3, -0.25) is 4.79 Å². The van der Waals surface area contributed by atoms with Gasteiger partial charge >= 0.3 is 0 Å². The van der Waals surface area contributed by atoms with E-state index in [-0.39, 0.29) is 18.7 Å². The molecule has 0 spiro atoms. The highest BCUT2D eigenvalue weighted by Gasteiger charge is 2.28. The van der Waals surface area contributed by atoms with Gasteiger partial charge in [0.2, 0.25) is 6.79 Å². The van der Waals surface area contributed by atoms with Gasteiger partial charge in [0.1, 0.15) is 0 Å². The van der Waals surface area contributed by atoms with E-state index in [1.807, 2.05) is 11.8 Å². The Balaban J connectivity index is 1.80. The van der Waals surface area contributed by atoms with Crippen LogP contribution in [0.3, 0.4) is 0 Å². The zero-order valence-electron chi connectivity index (χ0n) is 12.0. The third kappa shape index (κ3) is 2.80. The van der Waals surface area contributed by atoms with Gasteiger partial charge in [-0.2, -0.15) is 0 Å². The standard InChI is InChI=1S/C15H19ClN2O3/c1-9(17)10-3-2-4-18(7-10)15(19)11-5-12(16)14-13(6-11)20-8-21-14/h5-6,9-10H,2-4,7-8,17H2,1H3. The Hall–Kier alpha value is -1.46. The number of carbonyl (C=O) groups excluding carboxylic acids is 1. The van der Waals surface area contributed by atoms with Crippen molar-refractivity contribution in [1.82, 2.24) is 4.90 Å². The van der Waals surface area contributed by atoms with Crippen LogP contribution < -0.4 is 15.2 Å². The number of piperidine rings is 1. The monoisotopic (exact) mass is 310 g/mol. The van der Waals surface area contributed by atoms with E-state index in [1.54, 1.807) is 12.1 Å². The second-order valence-electron chi connectivity index (χ2n) is 5.70. The van der Waals surface area contributed by atoms with Crippen LogP contribution in [0.25, 0.3) is 0 Å². The van der Waals surface area contributed by atoms with Crippen LogP contribution in [0.4, 0.5) is 0 Å². The molecule has 114 valence electrons. The van der Waals surface area contributed by atoms with Crippen LogP contribution in [-0.2, 0) is 0 Å². The topological polar surface area (TPSA) is 64.8 Å². The molecule has 2 aliphatic rings. The van der Waals surface area contributed by atoms with E-state index in [0.717, 1.165) is 19.4 Å². The second-order valence-corrected chi connectivity index (χ2v) is 6.11. The molecule has 1 aromatic rings. The number of hydrogen-bond donors (Lipinski definition) is 1. The zero-order valence-corrected chi connectivity index (χ0v) is 12.7. The number of likely N-dealkylation sites (tertiary alicyclic amines) is 1. The number of carbonyl (C=O) groups is 1. The van der Waals surface area contributed by atoms with Crippen molar-refractivity contribution < 1.29 is 14.3 Å². The lowest BCUT2D eigenvalue weighted by Gasteiger charge is -2.34. The van der Waals surface area contributed by atoms with Crippen molar-refractivity contribution in [1.29, 1.82) is 0 Å². The van der Waals surface area contributed by atoms with Gasteiger partial charge in [-0.15, -0.1) is 0 Å². The summed E-state index contributed by atoms with van der Waals surface area (Å²) < 4.78 is 10.6. The Morgan fingerprint density at radius 2 is 2.29 bits per heavy atom. The maximum Gasteiger partial charge on any atom is 0.254 e. The number of amides is 1. The van der Waals surface area contributed by atoms with Crippen molar-refractivity contribution in [3.05, 3.63) is 22.7 Å². The van der Waals surface area contributed by atoms with Crippen LogP contribution in [0.2, 0.25) is 5.02 Å². The molecule has 21 heavy (non-hydrogen) atoms. The van der Waals surface area contributed by atoms with Gasteiger partial charge in [0.05, 0.1) is 5.02 Å². The molecule has 1 aromatic carbocycles. The fourth-order valence-corrected chi connectivity index (χ4v) is 3.16. The first-order chi connectivity index (χ1) is 10.1. The van der Waals surface area contributed by atoms with Crippen molar-refractivity contribution in [2.24, 2.45) is 11.7 Å². The first-order valence-corrected chi connectivity index (χ1v) is 7.58. The molecule has 2 N–H and O–H groups in total. The van der Waals surface area contributed by atoms with Gasteiger partial charge < -0.3 is 20.1 Å². The summed E-state index contributed by atoms with van der Waals surface area (Å²) in [6, 6.07) is 3.44. The summed E-state index contributed by atoms with van der Waals surface area (Å²) in [5, 5.41) is 0.411. The zero-order chi connectivity index (χ0) is 15.0. The molecule has 0 aliphatic carbocycles. The molecule has 2 atom stereocenters. The predicted octanol–water partition coefficient (Wildman–Crippen LogP) is 2.27. The first-order valence-electron chi connectivity index (χ1n) is 7.20. The van der Waals surface area contributed by atoms with E-state index in [2.05, 4.69) is 0 Å². The number of nitrogens with two attached hydrogens (primary N) is 1. The predicted molar refractivity (Wildman–Crippen MR) is 79.9 cm³/mol. The highest BCUT2D eigenvalue weighted by molar-refractivity contribution is 6.32. The van der Waals surface area contributed by atoms with Crippen LogP contribution in [-0.4, -0.2) is 36.7 Å². The van der Waals surface area contributed by atoms with Crippen molar-refractivity contribution in [2.75, 3.05) is 19.9 Å². The van der Waals surface area contributed by atoms with Gasteiger partial charge in [0.15, 0.2) is 11.5 Å². The van der Waals surface area contributed by atoms with E-state index in [4.69, 9.17) is 26.8 Å². The molecule has 1 amide bonds. The van der Waals surface area contributed by atoms with Gasteiger partial charge in [0.25, 0.3) is 5.91 Å². The molecule has 1 fully saturated rings. The number of ether oxygens (including phenoxy) is 2. The molecule has 0 radical (unpaired) electrons. The summed E-state index contributed by atoms with van der Waals surface area (Å²) in [5.74, 6) is 1.37. The number of fused-ring (bicyclic) bond motifs is 1. The smallest absolute Gasteiger partial charge is 0.254 e. The number of rotatable bonds is 2. The highest BCUT2D eigenvalue weighted by atomic mass is 35.5. The van der Waals surface area contributed by atoms with Crippen molar-refractivity contribution in [2.45, 2.75) is 25.8 Å². The van der Waals surface area contributed by atoms with Crippen LogP contribution in [0, 0.1) is 5.92 Å². The molecule has 2 unspecified atom stereocenters. The number of hydrogen-bond acceptors (Lipinski definition) is 4. The summed E-state index contributed by atoms with van der Waals surface area (Å²) in [4.78, 5) is 14.5. The second kappa shape index (κ2) is 5.73. The average Bonchev–Trinajstić information content (AvgIpc) is 2.95. The van der Waals surface area contributed by atoms with Gasteiger partial charge in [-0.05, 0) is 37.8 Å². The molecule has 1 saturated heterocycles. The third-order valence-corrected chi connectivity index (χ3v) is 4.44. The van der Waals surface area contributed by atoms with Crippen molar-refractivity contribution in [3.63, 3.8) is 0 Å². The molecule has 2 heterocycles. The van der Waals surface area contributed by atoms with Crippen molar-refractivity contribution >= 4 is 17.5 Å². The van der Waals surface area contributed by atoms with E-state index in [1.165, 1.54) is 0 Å². The number of benzene rings is 1. The Morgan fingerprint density at radius 1 is 1.48 bits per heavy atom. The molecule has 3 rings (SSSR count). The molecule has 5 nitrogen and oxygen atoms in total. The van der Waals surface area contributed by atoms with E-state index in [9.17, 15) is 4.79 Å². The minimum absolute atomic E-state index is 0.0273. The third-order valence-electron chi connectivity index (χ3n) is 4.16. The van der Waals surface area contributed by atoms with Crippen molar-refractivity contribution in [3.8, 4) is 11.5 Å². The first kappa shape index (κ1) is 14.5. The van der Waals surface area contributed by atoms with E-state index in [0.29, 0.717) is 34.5 Å². The van der Waals surface area contributed by atoms with Crippen LogP contribution >= 0.6 is 11.6 Å². The molecule has 0 saturated carbocycles. The summed E-state index contributed by atoms with van der Waals surface area (Å²) in [6.45, 7) is 3.59.